The zero-order chi connectivity index (χ0) is 10.6. The molecule has 14 heavy (non-hydrogen) atoms. The average Bonchev–Trinajstić information content (AvgIpc) is 2.47. The molecule has 1 heterocycles. The second-order valence-corrected chi connectivity index (χ2v) is 4.51. The van der Waals surface area contributed by atoms with Gasteiger partial charge in [0.05, 0.1) is 0 Å². The third-order valence-electron chi connectivity index (χ3n) is 2.48. The zero-order valence-electron chi connectivity index (χ0n) is 9.34. The van der Waals surface area contributed by atoms with Crippen molar-refractivity contribution in [2.45, 2.75) is 46.6 Å². The second-order valence-electron chi connectivity index (χ2n) is 4.13. The first-order valence-electron chi connectivity index (χ1n) is 5.42. The fourth-order valence-electron chi connectivity index (χ4n) is 1.63. The summed E-state index contributed by atoms with van der Waals surface area (Å²) in [5.74, 6) is 0.785. The highest BCUT2D eigenvalue weighted by Crippen LogP contribution is 2.08. The lowest BCUT2D eigenvalue weighted by atomic mass is 10.1. The predicted molar refractivity (Wildman–Crippen MR) is 63.1 cm³/mol. The molecule has 80 valence electrons. The van der Waals surface area contributed by atoms with Crippen molar-refractivity contribution in [1.82, 2.24) is 9.55 Å². The average molecular weight is 212 g/mol. The molecule has 0 atom stereocenters. The minimum atomic E-state index is 0.785. The standard InChI is InChI=1S/C11H20N2S/c1-4-10-8-12-11(14)13(10)7-5-6-9(2)3/h8-9H,4-7H2,1-3H3,(H,12,14). The Morgan fingerprint density at radius 2 is 2.21 bits per heavy atom. The van der Waals surface area contributed by atoms with E-state index < -0.39 is 0 Å². The van der Waals surface area contributed by atoms with Crippen molar-refractivity contribution < 1.29 is 0 Å². The third-order valence-corrected chi connectivity index (χ3v) is 2.82. The summed E-state index contributed by atoms with van der Waals surface area (Å²) in [6, 6.07) is 0. The topological polar surface area (TPSA) is 20.7 Å². The van der Waals surface area contributed by atoms with Crippen LogP contribution in [0.1, 0.15) is 39.3 Å². The highest BCUT2D eigenvalue weighted by Gasteiger charge is 2.01. The summed E-state index contributed by atoms with van der Waals surface area (Å²) >= 11 is 5.23. The molecular formula is C11H20N2S. The van der Waals surface area contributed by atoms with Gasteiger partial charge in [0.1, 0.15) is 0 Å². The molecule has 2 nitrogen and oxygen atoms in total. The van der Waals surface area contributed by atoms with Gasteiger partial charge >= 0.3 is 0 Å². The van der Waals surface area contributed by atoms with E-state index in [9.17, 15) is 0 Å². The Kier molecular flexibility index (Phi) is 4.39. The number of hydrogen-bond donors (Lipinski definition) is 1. The number of nitrogens with zero attached hydrogens (tertiary/aromatic N) is 1. The van der Waals surface area contributed by atoms with Crippen LogP contribution in [0.2, 0.25) is 0 Å². The van der Waals surface area contributed by atoms with E-state index >= 15 is 0 Å². The number of imidazole rings is 1. The van der Waals surface area contributed by atoms with Crippen LogP contribution in [0.5, 0.6) is 0 Å². The van der Waals surface area contributed by atoms with Gasteiger partial charge in [-0.1, -0.05) is 20.8 Å². The second kappa shape index (κ2) is 5.35. The molecule has 0 unspecified atom stereocenters. The molecule has 0 amide bonds. The molecule has 0 saturated heterocycles. The predicted octanol–water partition coefficient (Wildman–Crippen LogP) is 3.54. The Balaban J connectivity index is 2.57. The highest BCUT2D eigenvalue weighted by atomic mass is 32.1. The highest BCUT2D eigenvalue weighted by molar-refractivity contribution is 7.71. The van der Waals surface area contributed by atoms with E-state index in [1.807, 2.05) is 6.20 Å². The van der Waals surface area contributed by atoms with Crippen molar-refractivity contribution >= 4 is 12.2 Å². The quantitative estimate of drug-likeness (QED) is 0.740. The summed E-state index contributed by atoms with van der Waals surface area (Å²) in [5, 5.41) is 0. The van der Waals surface area contributed by atoms with Crippen LogP contribution in [0.25, 0.3) is 0 Å². The van der Waals surface area contributed by atoms with E-state index in [1.54, 1.807) is 0 Å². The van der Waals surface area contributed by atoms with Gasteiger partial charge in [-0.3, -0.25) is 0 Å². The Hall–Kier alpha value is -0.570. The van der Waals surface area contributed by atoms with Gasteiger partial charge in [-0.25, -0.2) is 0 Å². The van der Waals surface area contributed by atoms with Gasteiger partial charge in [-0.15, -0.1) is 0 Å². The molecule has 0 aliphatic carbocycles. The van der Waals surface area contributed by atoms with Crippen LogP contribution in [-0.2, 0) is 13.0 Å². The smallest absolute Gasteiger partial charge is 0.177 e. The fraction of sp³-hybridized carbons (Fsp3) is 0.727. The summed E-state index contributed by atoms with van der Waals surface area (Å²) < 4.78 is 3.09. The molecule has 0 aliphatic heterocycles. The van der Waals surface area contributed by atoms with Gasteiger partial charge in [0.2, 0.25) is 0 Å². The zero-order valence-corrected chi connectivity index (χ0v) is 10.2. The number of rotatable bonds is 5. The molecule has 1 aromatic rings. The van der Waals surface area contributed by atoms with Crippen LogP contribution in [-0.4, -0.2) is 9.55 Å². The Labute approximate surface area is 91.3 Å². The lowest BCUT2D eigenvalue weighted by molar-refractivity contribution is 0.503. The molecule has 1 N–H and O–H groups in total. The van der Waals surface area contributed by atoms with E-state index in [4.69, 9.17) is 12.2 Å². The Morgan fingerprint density at radius 3 is 2.79 bits per heavy atom. The summed E-state index contributed by atoms with van der Waals surface area (Å²) in [5.41, 5.74) is 1.32. The van der Waals surface area contributed by atoms with Gasteiger partial charge < -0.3 is 9.55 Å². The number of H-pyrrole nitrogens is 1. The third kappa shape index (κ3) is 2.98. The van der Waals surface area contributed by atoms with Crippen molar-refractivity contribution in [3.63, 3.8) is 0 Å². The van der Waals surface area contributed by atoms with Crippen LogP contribution >= 0.6 is 12.2 Å². The summed E-state index contributed by atoms with van der Waals surface area (Å²) in [6.45, 7) is 7.74. The molecule has 0 aliphatic rings. The fourth-order valence-corrected chi connectivity index (χ4v) is 1.89. The van der Waals surface area contributed by atoms with Crippen LogP contribution < -0.4 is 0 Å². The van der Waals surface area contributed by atoms with Crippen LogP contribution in [0.15, 0.2) is 6.20 Å². The van der Waals surface area contributed by atoms with E-state index in [0.29, 0.717) is 0 Å². The summed E-state index contributed by atoms with van der Waals surface area (Å²) in [6.07, 6.45) is 5.57. The van der Waals surface area contributed by atoms with Crippen molar-refractivity contribution in [3.05, 3.63) is 16.7 Å². The molecule has 3 heteroatoms. The van der Waals surface area contributed by atoms with E-state index in [0.717, 1.165) is 23.7 Å². The van der Waals surface area contributed by atoms with Crippen molar-refractivity contribution in [3.8, 4) is 0 Å². The van der Waals surface area contributed by atoms with Gasteiger partial charge in [0, 0.05) is 18.4 Å². The van der Waals surface area contributed by atoms with Crippen LogP contribution in [0, 0.1) is 10.7 Å². The molecule has 0 aromatic carbocycles. The Morgan fingerprint density at radius 1 is 1.50 bits per heavy atom. The molecule has 0 fully saturated rings. The maximum atomic E-state index is 5.23. The van der Waals surface area contributed by atoms with Crippen molar-refractivity contribution in [2.75, 3.05) is 0 Å². The molecule has 1 rings (SSSR count). The minimum absolute atomic E-state index is 0.785. The molecular weight excluding hydrogens is 192 g/mol. The molecule has 0 bridgehead atoms. The first-order valence-corrected chi connectivity index (χ1v) is 5.83. The molecule has 0 spiro atoms. The number of aromatic nitrogens is 2. The largest absolute Gasteiger partial charge is 0.337 e. The minimum Gasteiger partial charge on any atom is -0.337 e. The number of aromatic amines is 1. The Bertz CT molecular complexity index is 322. The summed E-state index contributed by atoms with van der Waals surface area (Å²) in [7, 11) is 0. The molecule has 0 saturated carbocycles. The van der Waals surface area contributed by atoms with Crippen molar-refractivity contribution in [1.29, 1.82) is 0 Å². The first kappa shape index (κ1) is 11.5. The number of hydrogen-bond acceptors (Lipinski definition) is 1. The summed E-state index contributed by atoms with van der Waals surface area (Å²) in [4.78, 5) is 3.10. The van der Waals surface area contributed by atoms with Gasteiger partial charge in [-0.05, 0) is 37.4 Å². The maximum Gasteiger partial charge on any atom is 0.177 e. The van der Waals surface area contributed by atoms with Gasteiger partial charge in [0.25, 0.3) is 0 Å². The monoisotopic (exact) mass is 212 g/mol. The lowest BCUT2D eigenvalue weighted by Crippen LogP contribution is -2.03. The van der Waals surface area contributed by atoms with Crippen LogP contribution in [0.4, 0.5) is 0 Å². The normalized spacial score (nSPS) is 11.1. The van der Waals surface area contributed by atoms with E-state index in [-0.39, 0.29) is 0 Å². The molecule has 0 radical (unpaired) electrons. The van der Waals surface area contributed by atoms with Crippen LogP contribution in [0.3, 0.4) is 0 Å². The lowest BCUT2D eigenvalue weighted by Gasteiger charge is -2.08. The first-order chi connectivity index (χ1) is 6.65. The number of nitrogens with one attached hydrogen (secondary N) is 1. The van der Waals surface area contributed by atoms with Crippen molar-refractivity contribution in [2.24, 2.45) is 5.92 Å². The molecule has 1 aromatic heterocycles. The number of aryl methyl sites for hydroxylation is 1. The van der Waals surface area contributed by atoms with E-state index in [1.165, 1.54) is 18.5 Å². The van der Waals surface area contributed by atoms with E-state index in [2.05, 4.69) is 30.3 Å². The maximum absolute atomic E-state index is 5.23. The van der Waals surface area contributed by atoms with Gasteiger partial charge in [0.15, 0.2) is 4.77 Å². The SMILES string of the molecule is CCc1c[nH]c(=S)n1CCCC(C)C. The van der Waals surface area contributed by atoms with Gasteiger partial charge in [-0.2, -0.15) is 0 Å².